The largest absolute Gasteiger partial charge is 0.496 e. The lowest BCUT2D eigenvalue weighted by Gasteiger charge is -2.25. The van der Waals surface area contributed by atoms with Crippen molar-refractivity contribution in [1.82, 2.24) is 0 Å². The highest BCUT2D eigenvalue weighted by Crippen LogP contribution is 2.33. The molecule has 0 amide bonds. The van der Waals surface area contributed by atoms with Gasteiger partial charge in [0.25, 0.3) is 0 Å². The Hall–Kier alpha value is -1.80. The standard InChI is InChI=1S/C17H17ClO2/c1-17(12-19,14-8-4-5-9-15(14)18)11-13-7-3-6-10-16(13)20-2/h3-10,12H,11H2,1-2H3. The van der Waals surface area contributed by atoms with Gasteiger partial charge in [-0.25, -0.2) is 0 Å². The van der Waals surface area contributed by atoms with E-state index in [1.54, 1.807) is 13.2 Å². The molecule has 0 N–H and O–H groups in total. The molecule has 0 radical (unpaired) electrons. The third kappa shape index (κ3) is 2.86. The second kappa shape index (κ2) is 6.10. The Bertz CT molecular complexity index is 609. The lowest BCUT2D eigenvalue weighted by molar-refractivity contribution is -0.112. The predicted octanol–water partition coefficient (Wildman–Crippen LogP) is 4.05. The fourth-order valence-electron chi connectivity index (χ4n) is 2.37. The monoisotopic (exact) mass is 288 g/mol. The number of carbonyl (C=O) groups excluding carboxylic acids is 1. The molecule has 0 spiro atoms. The van der Waals surface area contributed by atoms with Gasteiger partial charge in [0.05, 0.1) is 12.5 Å². The van der Waals surface area contributed by atoms with Gasteiger partial charge in [-0.1, -0.05) is 48.0 Å². The lowest BCUT2D eigenvalue weighted by Crippen LogP contribution is -2.27. The highest BCUT2D eigenvalue weighted by atomic mass is 35.5. The Morgan fingerprint density at radius 3 is 2.45 bits per heavy atom. The van der Waals surface area contributed by atoms with E-state index in [0.717, 1.165) is 23.2 Å². The SMILES string of the molecule is COc1ccccc1CC(C)(C=O)c1ccccc1Cl. The van der Waals surface area contributed by atoms with Gasteiger partial charge < -0.3 is 9.53 Å². The number of ether oxygens (including phenoxy) is 1. The van der Waals surface area contributed by atoms with Crippen molar-refractivity contribution in [2.45, 2.75) is 18.8 Å². The third-order valence-electron chi connectivity index (χ3n) is 3.50. The number of benzene rings is 2. The number of aldehydes is 1. The van der Waals surface area contributed by atoms with Crippen LogP contribution in [0.2, 0.25) is 5.02 Å². The highest BCUT2D eigenvalue weighted by molar-refractivity contribution is 6.31. The van der Waals surface area contributed by atoms with Crippen molar-refractivity contribution in [2.24, 2.45) is 0 Å². The minimum atomic E-state index is -0.674. The van der Waals surface area contributed by atoms with Gasteiger partial charge in [-0.3, -0.25) is 0 Å². The molecule has 0 saturated carbocycles. The Kier molecular flexibility index (Phi) is 4.46. The fraction of sp³-hybridized carbons (Fsp3) is 0.235. The first kappa shape index (κ1) is 14.6. The molecule has 0 aliphatic carbocycles. The minimum absolute atomic E-state index is 0.546. The van der Waals surface area contributed by atoms with Crippen LogP contribution in [0.15, 0.2) is 48.5 Å². The fourth-order valence-corrected chi connectivity index (χ4v) is 2.72. The Labute approximate surface area is 124 Å². The first-order valence-electron chi connectivity index (χ1n) is 6.44. The van der Waals surface area contributed by atoms with Gasteiger partial charge in [-0.2, -0.15) is 0 Å². The van der Waals surface area contributed by atoms with E-state index in [2.05, 4.69) is 0 Å². The summed E-state index contributed by atoms with van der Waals surface area (Å²) < 4.78 is 5.35. The van der Waals surface area contributed by atoms with Crippen LogP contribution >= 0.6 is 11.6 Å². The summed E-state index contributed by atoms with van der Waals surface area (Å²) in [6.07, 6.45) is 1.50. The van der Waals surface area contributed by atoms with Crippen molar-refractivity contribution in [1.29, 1.82) is 0 Å². The normalized spacial score (nSPS) is 13.6. The van der Waals surface area contributed by atoms with Crippen LogP contribution in [0.1, 0.15) is 18.1 Å². The van der Waals surface area contributed by atoms with Crippen LogP contribution in [-0.4, -0.2) is 13.4 Å². The molecule has 104 valence electrons. The number of carbonyl (C=O) groups is 1. The van der Waals surface area contributed by atoms with E-state index in [4.69, 9.17) is 16.3 Å². The number of para-hydroxylation sites is 1. The predicted molar refractivity (Wildman–Crippen MR) is 81.6 cm³/mol. The maximum atomic E-state index is 11.7. The summed E-state index contributed by atoms with van der Waals surface area (Å²) in [5.74, 6) is 0.785. The first-order valence-corrected chi connectivity index (χ1v) is 6.82. The molecule has 0 heterocycles. The molecule has 0 saturated heterocycles. The molecule has 2 aromatic carbocycles. The molecule has 0 fully saturated rings. The van der Waals surface area contributed by atoms with Gasteiger partial charge in [0.1, 0.15) is 12.0 Å². The summed E-state index contributed by atoms with van der Waals surface area (Å²) in [7, 11) is 1.63. The zero-order chi connectivity index (χ0) is 14.6. The van der Waals surface area contributed by atoms with E-state index in [9.17, 15) is 4.79 Å². The van der Waals surface area contributed by atoms with Gasteiger partial charge in [-0.15, -0.1) is 0 Å². The minimum Gasteiger partial charge on any atom is -0.496 e. The number of methoxy groups -OCH3 is 1. The quantitative estimate of drug-likeness (QED) is 0.776. The van der Waals surface area contributed by atoms with Crippen LogP contribution in [0.4, 0.5) is 0 Å². The number of hydrogen-bond acceptors (Lipinski definition) is 2. The van der Waals surface area contributed by atoms with E-state index in [-0.39, 0.29) is 0 Å². The third-order valence-corrected chi connectivity index (χ3v) is 3.83. The second-order valence-electron chi connectivity index (χ2n) is 5.00. The Balaban J connectivity index is 2.42. The second-order valence-corrected chi connectivity index (χ2v) is 5.41. The van der Waals surface area contributed by atoms with Crippen molar-refractivity contribution >= 4 is 17.9 Å². The maximum Gasteiger partial charge on any atom is 0.130 e. The van der Waals surface area contributed by atoms with Crippen molar-refractivity contribution < 1.29 is 9.53 Å². The van der Waals surface area contributed by atoms with Crippen molar-refractivity contribution in [3.05, 3.63) is 64.7 Å². The van der Waals surface area contributed by atoms with Crippen molar-refractivity contribution in [3.8, 4) is 5.75 Å². The van der Waals surface area contributed by atoms with Crippen LogP contribution in [0.5, 0.6) is 5.75 Å². The highest BCUT2D eigenvalue weighted by Gasteiger charge is 2.29. The molecule has 0 bridgehead atoms. The molecule has 1 atom stereocenters. The summed E-state index contributed by atoms with van der Waals surface area (Å²) in [6.45, 7) is 1.90. The molecule has 0 aliphatic rings. The van der Waals surface area contributed by atoms with Crippen molar-refractivity contribution in [3.63, 3.8) is 0 Å². The van der Waals surface area contributed by atoms with Gasteiger partial charge in [0.2, 0.25) is 0 Å². The maximum absolute atomic E-state index is 11.7. The number of halogens is 1. The van der Waals surface area contributed by atoms with Gasteiger partial charge in [-0.05, 0) is 36.6 Å². The molecular weight excluding hydrogens is 272 g/mol. The van der Waals surface area contributed by atoms with Gasteiger partial charge in [0, 0.05) is 5.02 Å². The molecule has 3 heteroatoms. The van der Waals surface area contributed by atoms with Crippen LogP contribution < -0.4 is 4.74 Å². The summed E-state index contributed by atoms with van der Waals surface area (Å²) in [4.78, 5) is 11.7. The number of hydrogen-bond donors (Lipinski definition) is 0. The lowest BCUT2D eigenvalue weighted by atomic mass is 9.78. The molecule has 2 nitrogen and oxygen atoms in total. The molecule has 1 unspecified atom stereocenters. The van der Waals surface area contributed by atoms with Gasteiger partial charge >= 0.3 is 0 Å². The van der Waals surface area contributed by atoms with E-state index in [0.29, 0.717) is 11.4 Å². The summed E-state index contributed by atoms with van der Waals surface area (Å²) in [6, 6.07) is 15.2. The van der Waals surface area contributed by atoms with E-state index >= 15 is 0 Å². The molecule has 20 heavy (non-hydrogen) atoms. The molecule has 0 aliphatic heterocycles. The van der Waals surface area contributed by atoms with Crippen LogP contribution in [-0.2, 0) is 16.6 Å². The van der Waals surface area contributed by atoms with Gasteiger partial charge in [0.15, 0.2) is 0 Å². The summed E-state index contributed by atoms with van der Waals surface area (Å²) in [5.41, 5.74) is 1.15. The van der Waals surface area contributed by atoms with E-state index in [1.165, 1.54) is 0 Å². The van der Waals surface area contributed by atoms with E-state index < -0.39 is 5.41 Å². The van der Waals surface area contributed by atoms with Crippen LogP contribution in [0, 0.1) is 0 Å². The smallest absolute Gasteiger partial charge is 0.130 e. The molecule has 0 aromatic heterocycles. The Morgan fingerprint density at radius 2 is 1.80 bits per heavy atom. The van der Waals surface area contributed by atoms with Crippen LogP contribution in [0.3, 0.4) is 0 Å². The molecule has 2 rings (SSSR count). The first-order chi connectivity index (χ1) is 9.60. The zero-order valence-corrected chi connectivity index (χ0v) is 12.4. The Morgan fingerprint density at radius 1 is 1.15 bits per heavy atom. The number of rotatable bonds is 5. The van der Waals surface area contributed by atoms with Crippen LogP contribution in [0.25, 0.3) is 0 Å². The summed E-state index contributed by atoms with van der Waals surface area (Å²) in [5, 5.41) is 0.608. The average Bonchev–Trinajstić information content (AvgIpc) is 2.48. The molecule has 2 aromatic rings. The zero-order valence-electron chi connectivity index (χ0n) is 11.6. The summed E-state index contributed by atoms with van der Waals surface area (Å²) >= 11 is 6.24. The average molecular weight is 289 g/mol. The molecular formula is C17H17ClO2. The van der Waals surface area contributed by atoms with E-state index in [1.807, 2.05) is 49.4 Å². The van der Waals surface area contributed by atoms with Crippen molar-refractivity contribution in [2.75, 3.05) is 7.11 Å². The topological polar surface area (TPSA) is 26.3 Å².